The number of hydrogen-bond donors (Lipinski definition) is 1. The molecule has 0 saturated heterocycles. The van der Waals surface area contributed by atoms with Crippen molar-refractivity contribution >= 4 is 34.8 Å². The number of carbonyl (C=O) groups is 1. The second-order valence-electron chi connectivity index (χ2n) is 6.06. The number of pyridine rings is 1. The molecule has 0 atom stereocenters. The number of anilines is 1. The van der Waals surface area contributed by atoms with Gasteiger partial charge in [0, 0.05) is 24.5 Å². The molecule has 1 aliphatic carbocycles. The predicted molar refractivity (Wildman–Crippen MR) is 100 cm³/mol. The van der Waals surface area contributed by atoms with Crippen molar-refractivity contribution < 1.29 is 27.8 Å². The van der Waals surface area contributed by atoms with Crippen molar-refractivity contribution in [2.75, 3.05) is 19.0 Å². The molecule has 1 fully saturated rings. The van der Waals surface area contributed by atoms with E-state index in [-0.39, 0.29) is 38.5 Å². The Kier molecular flexibility index (Phi) is 6.41. The van der Waals surface area contributed by atoms with Gasteiger partial charge in [-0.1, -0.05) is 23.2 Å². The molecule has 0 spiro atoms. The zero-order chi connectivity index (χ0) is 20.3. The Morgan fingerprint density at radius 3 is 2.46 bits per heavy atom. The van der Waals surface area contributed by atoms with Crippen molar-refractivity contribution in [1.82, 2.24) is 4.98 Å². The lowest BCUT2D eigenvalue weighted by Crippen LogP contribution is -2.15. The van der Waals surface area contributed by atoms with Crippen LogP contribution in [-0.2, 0) is 0 Å². The SMILES string of the molecule is COc1cc(OC(F)F)c(OCC2CC2)cc1C(=O)Nc1c(Cl)cncc1Cl. The highest BCUT2D eigenvalue weighted by Gasteiger charge is 2.25. The first-order valence-corrected chi connectivity index (χ1v) is 9.04. The number of amides is 1. The topological polar surface area (TPSA) is 69.7 Å². The molecule has 0 bridgehead atoms. The van der Waals surface area contributed by atoms with E-state index in [4.69, 9.17) is 32.7 Å². The maximum absolute atomic E-state index is 12.8. The molecule has 0 unspecified atom stereocenters. The van der Waals surface area contributed by atoms with Crippen LogP contribution in [0.15, 0.2) is 24.5 Å². The van der Waals surface area contributed by atoms with Crippen LogP contribution in [0.1, 0.15) is 23.2 Å². The van der Waals surface area contributed by atoms with Crippen LogP contribution in [0.2, 0.25) is 10.0 Å². The molecule has 1 aromatic carbocycles. The van der Waals surface area contributed by atoms with Crippen LogP contribution in [0.3, 0.4) is 0 Å². The highest BCUT2D eigenvalue weighted by atomic mass is 35.5. The van der Waals surface area contributed by atoms with E-state index >= 15 is 0 Å². The largest absolute Gasteiger partial charge is 0.496 e. The normalized spacial score (nSPS) is 13.4. The number of methoxy groups -OCH3 is 1. The Hall–Kier alpha value is -2.32. The predicted octanol–water partition coefficient (Wildman–Crippen LogP) is 5.04. The average molecular weight is 433 g/mol. The molecule has 3 rings (SSSR count). The molecule has 1 N–H and O–H groups in total. The van der Waals surface area contributed by atoms with Gasteiger partial charge in [-0.3, -0.25) is 9.78 Å². The fourth-order valence-corrected chi connectivity index (χ4v) is 2.85. The van der Waals surface area contributed by atoms with Gasteiger partial charge < -0.3 is 19.5 Å². The summed E-state index contributed by atoms with van der Waals surface area (Å²) in [4.78, 5) is 16.6. The number of rotatable bonds is 8. The molecule has 0 radical (unpaired) electrons. The first-order chi connectivity index (χ1) is 13.4. The summed E-state index contributed by atoms with van der Waals surface area (Å²) in [5.74, 6) is -0.428. The van der Waals surface area contributed by atoms with E-state index in [0.29, 0.717) is 12.5 Å². The Morgan fingerprint density at radius 1 is 1.21 bits per heavy atom. The fraction of sp³-hybridized carbons (Fsp3) is 0.333. The third kappa shape index (κ3) is 4.94. The number of hydrogen-bond acceptors (Lipinski definition) is 5. The minimum atomic E-state index is -3.05. The van der Waals surface area contributed by atoms with Crippen molar-refractivity contribution in [1.29, 1.82) is 0 Å². The Labute approximate surface area is 169 Å². The van der Waals surface area contributed by atoms with E-state index < -0.39 is 12.5 Å². The minimum Gasteiger partial charge on any atom is -0.496 e. The third-order valence-corrected chi connectivity index (χ3v) is 4.56. The number of benzene rings is 1. The molecule has 1 saturated carbocycles. The van der Waals surface area contributed by atoms with Gasteiger partial charge in [0.05, 0.1) is 35.0 Å². The molecular weight excluding hydrogens is 417 g/mol. The molecular formula is C18H16Cl2F2N2O4. The standard InChI is InChI=1S/C18H16Cl2F2N2O4/c1-26-13-5-15(28-18(21)22)14(27-8-9-2-3-9)4-10(13)17(25)24-16-11(19)6-23-7-12(16)20/h4-7,9,18H,2-3,8H2,1H3,(H,23,24,25). The quantitative estimate of drug-likeness (QED) is 0.632. The summed E-state index contributed by atoms with van der Waals surface area (Å²) < 4.78 is 40.8. The van der Waals surface area contributed by atoms with Crippen molar-refractivity contribution in [3.8, 4) is 17.2 Å². The van der Waals surface area contributed by atoms with Gasteiger partial charge in [0.15, 0.2) is 11.5 Å². The van der Waals surface area contributed by atoms with E-state index in [1.807, 2.05) is 0 Å². The maximum Gasteiger partial charge on any atom is 0.387 e. The first kappa shape index (κ1) is 20.4. The van der Waals surface area contributed by atoms with Gasteiger partial charge in [-0.05, 0) is 18.8 Å². The number of aromatic nitrogens is 1. The van der Waals surface area contributed by atoms with Crippen LogP contribution in [0.5, 0.6) is 17.2 Å². The van der Waals surface area contributed by atoms with Crippen LogP contribution in [0, 0.1) is 5.92 Å². The van der Waals surface area contributed by atoms with Crippen molar-refractivity contribution in [3.63, 3.8) is 0 Å². The second kappa shape index (κ2) is 8.79. The summed E-state index contributed by atoms with van der Waals surface area (Å²) in [6.45, 7) is -2.71. The number of nitrogens with zero attached hydrogens (tertiary/aromatic N) is 1. The minimum absolute atomic E-state index is 0.0186. The summed E-state index contributed by atoms with van der Waals surface area (Å²) >= 11 is 12.0. The van der Waals surface area contributed by atoms with Crippen molar-refractivity contribution in [3.05, 3.63) is 40.1 Å². The lowest BCUT2D eigenvalue weighted by atomic mass is 10.1. The number of nitrogens with one attached hydrogen (secondary N) is 1. The summed E-state index contributed by atoms with van der Waals surface area (Å²) in [6.07, 6.45) is 4.66. The molecule has 6 nitrogen and oxygen atoms in total. The summed E-state index contributed by atoms with van der Waals surface area (Å²) in [5.41, 5.74) is 0.206. The number of halogens is 4. The highest BCUT2D eigenvalue weighted by Crippen LogP contribution is 2.39. The summed E-state index contributed by atoms with van der Waals surface area (Å²) in [7, 11) is 1.30. The number of carbonyl (C=O) groups excluding carboxylic acids is 1. The first-order valence-electron chi connectivity index (χ1n) is 8.29. The Morgan fingerprint density at radius 2 is 1.89 bits per heavy atom. The number of alkyl halides is 2. The lowest BCUT2D eigenvalue weighted by Gasteiger charge is -2.17. The van der Waals surface area contributed by atoms with E-state index in [0.717, 1.165) is 12.8 Å². The van der Waals surface area contributed by atoms with Gasteiger partial charge in [-0.2, -0.15) is 8.78 Å². The van der Waals surface area contributed by atoms with Gasteiger partial charge in [0.2, 0.25) is 0 Å². The third-order valence-electron chi connectivity index (χ3n) is 3.99. The molecule has 1 heterocycles. The van der Waals surface area contributed by atoms with Gasteiger partial charge >= 0.3 is 6.61 Å². The zero-order valence-electron chi connectivity index (χ0n) is 14.7. The maximum atomic E-state index is 12.8. The van der Waals surface area contributed by atoms with E-state index in [9.17, 15) is 13.6 Å². The molecule has 28 heavy (non-hydrogen) atoms. The van der Waals surface area contributed by atoms with E-state index in [1.165, 1.54) is 31.6 Å². The smallest absolute Gasteiger partial charge is 0.387 e. The van der Waals surface area contributed by atoms with Crippen LogP contribution in [-0.4, -0.2) is 31.2 Å². The van der Waals surface area contributed by atoms with Crippen molar-refractivity contribution in [2.24, 2.45) is 5.92 Å². The summed E-state index contributed by atoms with van der Waals surface area (Å²) in [5, 5.41) is 2.85. The molecule has 1 aromatic heterocycles. The molecule has 1 aliphatic rings. The molecule has 0 aliphatic heterocycles. The van der Waals surface area contributed by atoms with Gasteiger partial charge in [-0.15, -0.1) is 0 Å². The van der Waals surface area contributed by atoms with Crippen LogP contribution in [0.25, 0.3) is 0 Å². The lowest BCUT2D eigenvalue weighted by molar-refractivity contribution is -0.0516. The Bertz CT molecular complexity index is 859. The van der Waals surface area contributed by atoms with Crippen LogP contribution >= 0.6 is 23.2 Å². The molecule has 10 heteroatoms. The molecule has 2 aromatic rings. The van der Waals surface area contributed by atoms with Gasteiger partial charge in [0.25, 0.3) is 5.91 Å². The fourth-order valence-electron chi connectivity index (χ4n) is 2.39. The highest BCUT2D eigenvalue weighted by molar-refractivity contribution is 6.39. The number of ether oxygens (including phenoxy) is 3. The van der Waals surface area contributed by atoms with Crippen LogP contribution < -0.4 is 19.5 Å². The summed E-state index contributed by atoms with van der Waals surface area (Å²) in [6, 6.07) is 2.47. The van der Waals surface area contributed by atoms with E-state index in [1.54, 1.807) is 0 Å². The average Bonchev–Trinajstić information content (AvgIpc) is 3.47. The molecule has 150 valence electrons. The Balaban J connectivity index is 1.93. The zero-order valence-corrected chi connectivity index (χ0v) is 16.2. The van der Waals surface area contributed by atoms with Gasteiger partial charge in [0.1, 0.15) is 5.75 Å². The monoisotopic (exact) mass is 432 g/mol. The molecule has 1 amide bonds. The van der Waals surface area contributed by atoms with Gasteiger partial charge in [-0.25, -0.2) is 0 Å². The van der Waals surface area contributed by atoms with Crippen LogP contribution in [0.4, 0.5) is 14.5 Å². The van der Waals surface area contributed by atoms with Crippen molar-refractivity contribution in [2.45, 2.75) is 19.5 Å². The van der Waals surface area contributed by atoms with E-state index in [2.05, 4.69) is 15.0 Å². The second-order valence-corrected chi connectivity index (χ2v) is 6.88.